The van der Waals surface area contributed by atoms with Gasteiger partial charge in [0.1, 0.15) is 0 Å². The third-order valence-electron chi connectivity index (χ3n) is 3.33. The lowest BCUT2D eigenvalue weighted by Gasteiger charge is -2.06. The Morgan fingerprint density at radius 2 is 1.48 bits per heavy atom. The molecule has 0 aliphatic rings. The standard InChI is InChI=1S/C19H21NO7/c1-12(21)16(25-2)11-18(23)20-14-7-5-13(6-8-14)9-15(22)10-17(26-3)19(24)27-4/h5-8,10-11H,9H2,1-4H3,(H,20,23)/b16-11+,17-10+. The van der Waals surface area contributed by atoms with Gasteiger partial charge in [-0.3, -0.25) is 14.4 Å². The lowest BCUT2D eigenvalue weighted by Crippen LogP contribution is -2.12. The highest BCUT2D eigenvalue weighted by Crippen LogP contribution is 2.12. The van der Waals surface area contributed by atoms with E-state index in [2.05, 4.69) is 10.1 Å². The fourth-order valence-corrected chi connectivity index (χ4v) is 2.01. The largest absolute Gasteiger partial charge is 0.493 e. The topological polar surface area (TPSA) is 108 Å². The average molecular weight is 375 g/mol. The lowest BCUT2D eigenvalue weighted by molar-refractivity contribution is -0.140. The molecule has 0 aromatic heterocycles. The summed E-state index contributed by atoms with van der Waals surface area (Å²) in [6.45, 7) is 1.29. The molecule has 0 unspecified atom stereocenters. The SMILES string of the molecule is COC(=O)/C(=C\C(=O)Cc1ccc(NC(=O)/C=C(/OC)C(C)=O)cc1)OC. The second kappa shape index (κ2) is 10.5. The molecule has 0 saturated carbocycles. The number of rotatable bonds is 9. The van der Waals surface area contributed by atoms with Crippen LogP contribution in [0.4, 0.5) is 5.69 Å². The van der Waals surface area contributed by atoms with Gasteiger partial charge in [0.25, 0.3) is 5.91 Å². The molecule has 0 spiro atoms. The minimum Gasteiger partial charge on any atom is -0.493 e. The van der Waals surface area contributed by atoms with E-state index in [1.807, 2.05) is 0 Å². The van der Waals surface area contributed by atoms with E-state index in [-0.39, 0.29) is 29.5 Å². The zero-order valence-electron chi connectivity index (χ0n) is 15.5. The van der Waals surface area contributed by atoms with E-state index in [1.165, 1.54) is 28.3 Å². The van der Waals surface area contributed by atoms with E-state index in [4.69, 9.17) is 9.47 Å². The van der Waals surface area contributed by atoms with Crippen molar-refractivity contribution in [3.8, 4) is 0 Å². The van der Waals surface area contributed by atoms with Gasteiger partial charge in [0.2, 0.25) is 5.76 Å². The molecule has 144 valence electrons. The lowest BCUT2D eigenvalue weighted by atomic mass is 10.1. The summed E-state index contributed by atoms with van der Waals surface area (Å²) < 4.78 is 14.1. The molecule has 0 fully saturated rings. The fourth-order valence-electron chi connectivity index (χ4n) is 2.01. The number of amides is 1. The van der Waals surface area contributed by atoms with Gasteiger partial charge in [-0.15, -0.1) is 0 Å². The molecular weight excluding hydrogens is 354 g/mol. The first kappa shape index (κ1) is 21.6. The van der Waals surface area contributed by atoms with Gasteiger partial charge in [-0.2, -0.15) is 0 Å². The van der Waals surface area contributed by atoms with Crippen LogP contribution in [0.3, 0.4) is 0 Å². The van der Waals surface area contributed by atoms with Crippen molar-refractivity contribution < 1.29 is 33.4 Å². The summed E-state index contributed by atoms with van der Waals surface area (Å²) in [6.07, 6.45) is 2.17. The van der Waals surface area contributed by atoms with E-state index in [9.17, 15) is 19.2 Å². The second-order valence-electron chi connectivity index (χ2n) is 5.30. The first-order chi connectivity index (χ1) is 12.8. The highest BCUT2D eigenvalue weighted by molar-refractivity contribution is 6.05. The maximum Gasteiger partial charge on any atom is 0.373 e. The van der Waals surface area contributed by atoms with Crippen LogP contribution in [0.25, 0.3) is 0 Å². The summed E-state index contributed by atoms with van der Waals surface area (Å²) in [4.78, 5) is 46.4. The number of Topliss-reactive ketones (excluding diaryl/α,β-unsaturated/α-hetero) is 1. The molecule has 1 amide bonds. The second-order valence-corrected chi connectivity index (χ2v) is 5.30. The number of benzene rings is 1. The average Bonchev–Trinajstić information content (AvgIpc) is 2.64. The van der Waals surface area contributed by atoms with E-state index >= 15 is 0 Å². The Balaban J connectivity index is 2.75. The van der Waals surface area contributed by atoms with Gasteiger partial charge in [-0.1, -0.05) is 12.1 Å². The Kier molecular flexibility index (Phi) is 8.44. The highest BCUT2D eigenvalue weighted by atomic mass is 16.6. The molecule has 8 heteroatoms. The zero-order valence-corrected chi connectivity index (χ0v) is 15.5. The number of carbonyl (C=O) groups is 4. The van der Waals surface area contributed by atoms with Crippen molar-refractivity contribution in [1.29, 1.82) is 0 Å². The van der Waals surface area contributed by atoms with Gasteiger partial charge in [-0.25, -0.2) is 4.79 Å². The van der Waals surface area contributed by atoms with Crippen LogP contribution in [0.5, 0.6) is 0 Å². The van der Waals surface area contributed by atoms with Crippen molar-refractivity contribution >= 4 is 29.1 Å². The molecular formula is C19H21NO7. The zero-order chi connectivity index (χ0) is 20.4. The van der Waals surface area contributed by atoms with Crippen molar-refractivity contribution in [2.75, 3.05) is 26.6 Å². The Morgan fingerprint density at radius 1 is 0.889 bits per heavy atom. The fraction of sp³-hybridized carbons (Fsp3) is 0.263. The number of anilines is 1. The predicted molar refractivity (Wildman–Crippen MR) is 96.7 cm³/mol. The summed E-state index contributed by atoms with van der Waals surface area (Å²) in [7, 11) is 3.76. The van der Waals surface area contributed by atoms with Crippen LogP contribution in [0.2, 0.25) is 0 Å². The van der Waals surface area contributed by atoms with E-state index in [0.29, 0.717) is 11.3 Å². The number of esters is 1. The van der Waals surface area contributed by atoms with Gasteiger partial charge in [0, 0.05) is 31.2 Å². The van der Waals surface area contributed by atoms with Crippen molar-refractivity contribution in [1.82, 2.24) is 0 Å². The molecule has 1 N–H and O–H groups in total. The Labute approximate surface area is 156 Å². The van der Waals surface area contributed by atoms with E-state index in [0.717, 1.165) is 12.2 Å². The number of ether oxygens (including phenoxy) is 3. The molecule has 27 heavy (non-hydrogen) atoms. The van der Waals surface area contributed by atoms with Gasteiger partial charge < -0.3 is 19.5 Å². The van der Waals surface area contributed by atoms with Crippen LogP contribution in [0, 0.1) is 0 Å². The van der Waals surface area contributed by atoms with Crippen LogP contribution in [0.15, 0.2) is 47.9 Å². The van der Waals surface area contributed by atoms with Crippen LogP contribution >= 0.6 is 0 Å². The molecule has 0 heterocycles. The molecule has 0 aliphatic heterocycles. The molecule has 0 radical (unpaired) electrons. The third kappa shape index (κ3) is 7.15. The maximum atomic E-state index is 12.0. The summed E-state index contributed by atoms with van der Waals surface area (Å²) in [5, 5.41) is 2.58. The Bertz CT molecular complexity index is 776. The maximum absolute atomic E-state index is 12.0. The van der Waals surface area contributed by atoms with Crippen molar-refractivity contribution in [2.24, 2.45) is 0 Å². The van der Waals surface area contributed by atoms with E-state index < -0.39 is 11.9 Å². The Morgan fingerprint density at radius 3 is 1.96 bits per heavy atom. The molecule has 0 bridgehead atoms. The van der Waals surface area contributed by atoms with Crippen LogP contribution in [0.1, 0.15) is 12.5 Å². The summed E-state index contributed by atoms with van der Waals surface area (Å²) in [5.41, 5.74) is 1.15. The number of carbonyl (C=O) groups excluding carboxylic acids is 4. The van der Waals surface area contributed by atoms with Crippen LogP contribution in [-0.2, 0) is 39.8 Å². The summed E-state index contributed by atoms with van der Waals surface area (Å²) >= 11 is 0. The normalized spacial score (nSPS) is 11.4. The highest BCUT2D eigenvalue weighted by Gasteiger charge is 2.12. The molecule has 1 rings (SSSR count). The quantitative estimate of drug-likeness (QED) is 0.396. The van der Waals surface area contributed by atoms with Crippen molar-refractivity contribution in [3.05, 3.63) is 53.5 Å². The number of ketones is 2. The summed E-state index contributed by atoms with van der Waals surface area (Å²) in [6, 6.07) is 6.52. The van der Waals surface area contributed by atoms with Crippen molar-refractivity contribution in [2.45, 2.75) is 13.3 Å². The summed E-state index contributed by atoms with van der Waals surface area (Å²) in [5.74, 6) is -2.20. The van der Waals surface area contributed by atoms with Crippen molar-refractivity contribution in [3.63, 3.8) is 0 Å². The van der Waals surface area contributed by atoms with Gasteiger partial charge in [-0.05, 0) is 17.7 Å². The number of methoxy groups -OCH3 is 3. The number of nitrogens with one attached hydrogen (secondary N) is 1. The van der Waals surface area contributed by atoms with Gasteiger partial charge in [0.05, 0.1) is 21.3 Å². The minimum absolute atomic E-state index is 0.0378. The first-order valence-corrected chi connectivity index (χ1v) is 7.84. The number of hydrogen-bond donors (Lipinski definition) is 1. The minimum atomic E-state index is -0.738. The van der Waals surface area contributed by atoms with Gasteiger partial charge in [0.15, 0.2) is 17.3 Å². The molecule has 1 aromatic rings. The monoisotopic (exact) mass is 375 g/mol. The van der Waals surface area contributed by atoms with E-state index in [1.54, 1.807) is 24.3 Å². The number of allylic oxidation sites excluding steroid dienone is 2. The predicted octanol–water partition coefficient (Wildman–Crippen LogP) is 1.56. The van der Waals surface area contributed by atoms with Crippen LogP contribution in [-0.4, -0.2) is 44.8 Å². The number of hydrogen-bond acceptors (Lipinski definition) is 7. The van der Waals surface area contributed by atoms with Gasteiger partial charge >= 0.3 is 5.97 Å². The first-order valence-electron chi connectivity index (χ1n) is 7.84. The molecule has 1 aromatic carbocycles. The third-order valence-corrected chi connectivity index (χ3v) is 3.33. The Hall–Kier alpha value is -3.42. The molecule has 8 nitrogen and oxygen atoms in total. The molecule has 0 atom stereocenters. The van der Waals surface area contributed by atoms with Crippen LogP contribution < -0.4 is 5.32 Å². The molecule has 0 aliphatic carbocycles. The smallest absolute Gasteiger partial charge is 0.373 e. The molecule has 0 saturated heterocycles.